The van der Waals surface area contributed by atoms with Gasteiger partial charge in [0.1, 0.15) is 31.4 Å². The second-order valence-corrected chi connectivity index (χ2v) is 37.7. The van der Waals surface area contributed by atoms with E-state index in [-0.39, 0.29) is 126 Å². The van der Waals surface area contributed by atoms with E-state index < -0.39 is 10.0 Å². The average Bonchev–Trinajstić information content (AvgIpc) is 1.66. The number of fused-ring (bicyclic) bond motifs is 13. The number of piperidine rings is 2. The van der Waals surface area contributed by atoms with E-state index in [4.69, 9.17) is 4.74 Å². The van der Waals surface area contributed by atoms with Crippen LogP contribution >= 0.6 is 45.3 Å². The monoisotopic (exact) mass is 1760 g/mol. The van der Waals surface area contributed by atoms with Crippen LogP contribution in [0.3, 0.4) is 0 Å². The maximum absolute atomic E-state index is 13.1. The van der Waals surface area contributed by atoms with Crippen LogP contribution in [0.1, 0.15) is 140 Å². The third-order valence-electron chi connectivity index (χ3n) is 22.1. The molecule has 3 fully saturated rings. The molecular weight excluding hydrogens is 1670 g/mol. The van der Waals surface area contributed by atoms with Gasteiger partial charge in [-0.25, -0.2) is 8.42 Å². The maximum Gasteiger partial charge on any atom is 0.263 e. The predicted octanol–water partition coefficient (Wildman–Crippen LogP) is 9.62. The van der Waals surface area contributed by atoms with E-state index in [0.29, 0.717) is 137 Å². The number of amides is 11. The van der Waals surface area contributed by atoms with Gasteiger partial charge in [-0.15, -0.1) is 45.3 Å². The molecular formula is C87H97N17O14S5. The molecule has 8 aliphatic rings. The quantitative estimate of drug-likeness (QED) is 0.0450. The zero-order chi connectivity index (χ0) is 87.4. The minimum absolute atomic E-state index is 0.0112. The Labute approximate surface area is 726 Å². The van der Waals surface area contributed by atoms with E-state index in [0.717, 1.165) is 81.3 Å². The Hall–Kier alpha value is -12.1. The Morgan fingerprint density at radius 2 is 0.862 bits per heavy atom. The highest BCUT2D eigenvalue weighted by atomic mass is 32.2. The summed E-state index contributed by atoms with van der Waals surface area (Å²) in [4.78, 5) is 145. The number of hydrogen-bond donors (Lipinski definition) is 13. The third kappa shape index (κ3) is 19.6. The Bertz CT molecular complexity index is 5920. The second-order valence-electron chi connectivity index (χ2n) is 31.6. The van der Waals surface area contributed by atoms with Gasteiger partial charge in [0.15, 0.2) is 0 Å². The molecule has 9 atom stereocenters. The van der Waals surface area contributed by atoms with E-state index in [1.807, 2.05) is 78.1 Å². The summed E-state index contributed by atoms with van der Waals surface area (Å²) in [6.45, 7) is 29.6. The van der Waals surface area contributed by atoms with Gasteiger partial charge in [0.2, 0.25) is 21.8 Å². The number of carbonyl (C=O) groups is 11. The van der Waals surface area contributed by atoms with Gasteiger partial charge in [-0.2, -0.15) is 4.31 Å². The number of nitrogens with zero attached hydrogens (tertiary/aromatic N) is 4. The fraction of sp³-hybridized carbons (Fsp3) is 0.345. The third-order valence-corrected chi connectivity index (χ3v) is 28.2. The topological polar surface area (TPSA) is 400 Å². The standard InChI is InChI=1S/C25H24N4O4S.C21H25N5O3S.C21H24N4O3S.C20H24N4O4S2/c1-4-21(30)29-12-14(3)33-19-7-6-16(10-18(19)29)28-24(31)15-5-8-20-17(9-15)22-23(34-20)25(32)27-13(2)11-26-22;1-4-17(27)24-14-9-26(3)10-15(14)25-20(28)12-5-6-16-13(7-12)18-19(30-16)21(29)23-11(2)8-22-18;1-3-17(26)25-8-4-5-14(11-25)24-20(27)13-6-7-16-15(9-13)18-19(29-16)21(28)23-12(2)10-22-18;1-3-30(27,28)24-8-4-5-14(11-24)23-19(25)13-6-7-16-15(9-13)17-18(29-16)20(26)22-12(2)10-21-17/h4-10,13-14,26H,1,11-12H2,2-3H3,(H,27,32)(H,28,31);4-7,11,14-15,22H,1,8-10H2,2-3H3,(H,23,29)(H,24,27)(H,25,28);3,6-7,9,12,14,22H,1,4-5,8,10-11H2,2H3,(H,23,28)(H,24,27);3,6-7,9,12,14,21H,1,4-5,8,10-11H2,2H3,(H,22,26)(H,23,25)/t13-,14+;11-,14?,15?;2*12-,14?/m1111/s1. The highest BCUT2D eigenvalue weighted by molar-refractivity contribution is 7.92. The van der Waals surface area contributed by atoms with Crippen LogP contribution in [0.25, 0.3) is 40.3 Å². The number of nitrogens with one attached hydrogen (secondary N) is 13. The minimum atomic E-state index is -3.50. The summed E-state index contributed by atoms with van der Waals surface area (Å²) in [6.07, 6.45) is 6.73. The number of carbonyl (C=O) groups excluding carboxylic acids is 11. The molecule has 12 heterocycles. The number of sulfonamides is 1. The van der Waals surface area contributed by atoms with Crippen LogP contribution in [-0.4, -0.2) is 221 Å². The van der Waals surface area contributed by atoms with Gasteiger partial charge in [-0.1, -0.05) is 26.3 Å². The SMILES string of the molecule is C=CC(=O)N1CCCC(NC(=O)c2ccc3sc4c(c3c2)NC[C@@H](C)NC4=O)C1.C=CC(=O)N1C[C@H](C)Oc2ccc(NC(=O)c3ccc4sc5c(c4c3)NC[C@@H](C)NC5=O)cc21.C=CC(=O)NC1CN(C)CC1NC(=O)c1ccc2sc3c(c2c1)NC[C@@H](C)NC3=O.C=CS(=O)(=O)N1CCCC(NC(=O)c2ccc3sc4c(c3c2)NC[C@@H](C)NC4=O)C1. The first-order valence-corrected chi connectivity index (χ1v) is 45.3. The molecule has 0 aliphatic carbocycles. The van der Waals surface area contributed by atoms with Gasteiger partial charge in [-0.3, -0.25) is 52.7 Å². The van der Waals surface area contributed by atoms with Gasteiger partial charge in [-0.05, 0) is 177 Å². The van der Waals surface area contributed by atoms with Gasteiger partial charge in [0, 0.05) is 175 Å². The smallest absolute Gasteiger partial charge is 0.263 e. The first-order chi connectivity index (χ1) is 58.9. The van der Waals surface area contributed by atoms with Crippen molar-refractivity contribution in [3.63, 3.8) is 0 Å². The maximum atomic E-state index is 13.1. The van der Waals surface area contributed by atoms with Crippen molar-refractivity contribution >= 4 is 195 Å². The van der Waals surface area contributed by atoms with Crippen LogP contribution in [-0.2, 0) is 24.4 Å². The van der Waals surface area contributed by atoms with Crippen molar-refractivity contribution in [2.24, 2.45) is 0 Å². The molecule has 9 aromatic rings. The summed E-state index contributed by atoms with van der Waals surface area (Å²) in [5.74, 6) is -1.33. The summed E-state index contributed by atoms with van der Waals surface area (Å²) >= 11 is 5.64. The highest BCUT2D eigenvalue weighted by Crippen LogP contribution is 2.43. The Balaban J connectivity index is 0.000000134. The zero-order valence-corrected chi connectivity index (χ0v) is 72.7. The van der Waals surface area contributed by atoms with Crippen LogP contribution in [0.4, 0.5) is 34.1 Å². The molecule has 8 aliphatic heterocycles. The summed E-state index contributed by atoms with van der Waals surface area (Å²) in [7, 11) is -1.55. The molecule has 4 unspecified atom stereocenters. The molecule has 4 aromatic heterocycles. The predicted molar refractivity (Wildman–Crippen MR) is 485 cm³/mol. The molecule has 11 amide bonds. The number of thiophene rings is 4. The number of likely N-dealkylation sites (tertiary alicyclic amines) is 2. The molecule has 3 saturated heterocycles. The van der Waals surface area contributed by atoms with Crippen molar-refractivity contribution in [2.75, 3.05) is 111 Å². The molecule has 0 saturated carbocycles. The van der Waals surface area contributed by atoms with E-state index in [2.05, 4.69) is 100 Å². The zero-order valence-electron chi connectivity index (χ0n) is 68.6. The van der Waals surface area contributed by atoms with E-state index in [1.165, 1.54) is 67.9 Å². The van der Waals surface area contributed by atoms with E-state index >= 15 is 0 Å². The largest absolute Gasteiger partial charge is 0.487 e. The second kappa shape index (κ2) is 37.3. The fourth-order valence-electron chi connectivity index (χ4n) is 15.9. The van der Waals surface area contributed by atoms with Crippen molar-refractivity contribution in [3.05, 3.63) is 183 Å². The molecule has 36 heteroatoms. The van der Waals surface area contributed by atoms with Gasteiger partial charge < -0.3 is 88.6 Å². The van der Waals surface area contributed by atoms with Crippen LogP contribution in [0.2, 0.25) is 0 Å². The Morgan fingerprint density at radius 1 is 0.463 bits per heavy atom. The van der Waals surface area contributed by atoms with E-state index in [9.17, 15) is 61.2 Å². The van der Waals surface area contributed by atoms with Crippen molar-refractivity contribution in [2.45, 2.75) is 115 Å². The molecule has 31 nitrogen and oxygen atoms in total. The first-order valence-electron chi connectivity index (χ1n) is 40.5. The summed E-state index contributed by atoms with van der Waals surface area (Å²) < 4.78 is 35.0. The lowest BCUT2D eigenvalue weighted by atomic mass is 10.0. The number of hydrogen-bond acceptors (Lipinski definition) is 23. The Kier molecular flexibility index (Phi) is 26.5. The Morgan fingerprint density at radius 3 is 1.28 bits per heavy atom. The fourth-order valence-corrected chi connectivity index (χ4v) is 21.1. The van der Waals surface area contributed by atoms with Gasteiger partial charge in [0.25, 0.3) is 53.2 Å². The van der Waals surface area contributed by atoms with Gasteiger partial charge >= 0.3 is 0 Å². The average molecular weight is 1770 g/mol. The number of benzene rings is 5. The van der Waals surface area contributed by atoms with Crippen LogP contribution in [0.5, 0.6) is 5.75 Å². The minimum Gasteiger partial charge on any atom is -0.487 e. The lowest BCUT2D eigenvalue weighted by Crippen LogP contribution is -2.50. The van der Waals surface area contributed by atoms with Crippen molar-refractivity contribution < 1.29 is 65.9 Å². The molecule has 0 bridgehead atoms. The summed E-state index contributed by atoms with van der Waals surface area (Å²) in [6, 6.07) is 26.3. The van der Waals surface area contributed by atoms with Crippen LogP contribution in [0.15, 0.2) is 141 Å². The van der Waals surface area contributed by atoms with Crippen molar-refractivity contribution in [1.82, 2.24) is 56.6 Å². The first kappa shape index (κ1) is 87.3. The van der Waals surface area contributed by atoms with Gasteiger partial charge in [0.05, 0.1) is 47.1 Å². The normalized spacial score (nSPS) is 21.7. The number of anilines is 6. The van der Waals surface area contributed by atoms with Crippen LogP contribution in [0, 0.1) is 0 Å². The van der Waals surface area contributed by atoms with E-state index in [1.54, 1.807) is 64.4 Å². The number of likely N-dealkylation sites (N-methyl/N-ethyl adjacent to an activating group) is 1. The number of ether oxygens (including phenoxy) is 1. The number of rotatable bonds is 14. The molecule has 0 spiro atoms. The molecule has 5 aromatic carbocycles. The lowest BCUT2D eigenvalue weighted by Gasteiger charge is -2.33. The molecule has 123 heavy (non-hydrogen) atoms. The summed E-state index contributed by atoms with van der Waals surface area (Å²) in [5, 5.41) is 44.4. The summed E-state index contributed by atoms with van der Waals surface area (Å²) in [5.41, 5.74) is 6.23. The molecule has 644 valence electrons. The molecule has 13 N–H and O–H groups in total. The van der Waals surface area contributed by atoms with Crippen molar-refractivity contribution in [1.29, 1.82) is 0 Å². The van der Waals surface area contributed by atoms with Crippen molar-refractivity contribution in [3.8, 4) is 5.75 Å². The molecule has 17 rings (SSSR count). The van der Waals surface area contributed by atoms with Crippen LogP contribution < -0.4 is 78.8 Å². The highest BCUT2D eigenvalue weighted by Gasteiger charge is 2.36. The lowest BCUT2D eigenvalue weighted by molar-refractivity contribution is -0.127. The molecule has 0 radical (unpaired) electrons.